The van der Waals surface area contributed by atoms with Crippen molar-refractivity contribution in [2.24, 2.45) is 0 Å². The first kappa shape index (κ1) is 12.1. The lowest BCUT2D eigenvalue weighted by atomic mass is 10.0. The second kappa shape index (κ2) is 5.76. The Morgan fingerprint density at radius 2 is 2.17 bits per heavy atom. The van der Waals surface area contributed by atoms with Crippen molar-refractivity contribution in [2.45, 2.75) is 50.7 Å². The van der Waals surface area contributed by atoms with E-state index in [4.69, 9.17) is 0 Å². The minimum atomic E-state index is 0.677. The molecular weight excluding hydrogens is 224 g/mol. The summed E-state index contributed by atoms with van der Waals surface area (Å²) < 4.78 is 0. The molecule has 0 bridgehead atoms. The van der Waals surface area contributed by atoms with Crippen molar-refractivity contribution in [3.63, 3.8) is 0 Å². The van der Waals surface area contributed by atoms with Crippen molar-refractivity contribution in [3.8, 4) is 0 Å². The number of nitrogens with zero attached hydrogens (tertiary/aromatic N) is 3. The Kier molecular flexibility index (Phi) is 3.86. The molecule has 2 fully saturated rings. The monoisotopic (exact) mass is 246 g/mol. The summed E-state index contributed by atoms with van der Waals surface area (Å²) in [6.07, 6.45) is 12.2. The zero-order valence-electron chi connectivity index (χ0n) is 10.9. The normalized spacial score (nSPS) is 24.4. The molecule has 1 saturated heterocycles. The van der Waals surface area contributed by atoms with Crippen LogP contribution in [-0.4, -0.2) is 40.0 Å². The molecule has 0 spiro atoms. The standard InChI is InChI=1S/C14H22N4/c1-2-6-16-12(3-1)10-18(14-4-5-14)11-13-9-15-7-8-17-13/h7-9,12,14,16H,1-6,10-11H2. The summed E-state index contributed by atoms with van der Waals surface area (Å²) >= 11 is 0. The SMILES string of the molecule is c1cnc(CN(CC2CCCCN2)C2CC2)cn1. The summed E-state index contributed by atoms with van der Waals surface area (Å²) in [5.41, 5.74) is 1.10. The van der Waals surface area contributed by atoms with E-state index in [1.807, 2.05) is 6.20 Å². The molecule has 2 aliphatic rings. The van der Waals surface area contributed by atoms with Gasteiger partial charge < -0.3 is 5.32 Å². The first-order chi connectivity index (χ1) is 8.92. The van der Waals surface area contributed by atoms with Crippen molar-refractivity contribution >= 4 is 0 Å². The van der Waals surface area contributed by atoms with E-state index in [0.29, 0.717) is 6.04 Å². The van der Waals surface area contributed by atoms with Crippen molar-refractivity contribution < 1.29 is 0 Å². The molecule has 1 aromatic heterocycles. The lowest BCUT2D eigenvalue weighted by Crippen LogP contribution is -2.44. The highest BCUT2D eigenvalue weighted by molar-refractivity contribution is 4.98. The summed E-state index contributed by atoms with van der Waals surface area (Å²) in [4.78, 5) is 11.1. The first-order valence-corrected chi connectivity index (χ1v) is 7.14. The van der Waals surface area contributed by atoms with Crippen LogP contribution >= 0.6 is 0 Å². The second-order valence-corrected chi connectivity index (χ2v) is 5.50. The molecule has 1 unspecified atom stereocenters. The Hall–Kier alpha value is -1.00. The van der Waals surface area contributed by atoms with Gasteiger partial charge in [0.05, 0.1) is 5.69 Å². The van der Waals surface area contributed by atoms with Crippen molar-refractivity contribution in [1.82, 2.24) is 20.2 Å². The van der Waals surface area contributed by atoms with Gasteiger partial charge in [0.2, 0.25) is 0 Å². The van der Waals surface area contributed by atoms with Crippen LogP contribution in [0.5, 0.6) is 0 Å². The van der Waals surface area contributed by atoms with Gasteiger partial charge in [0, 0.05) is 43.8 Å². The van der Waals surface area contributed by atoms with Crippen molar-refractivity contribution in [3.05, 3.63) is 24.3 Å². The second-order valence-electron chi connectivity index (χ2n) is 5.50. The third kappa shape index (κ3) is 3.27. The lowest BCUT2D eigenvalue weighted by molar-refractivity contribution is 0.206. The summed E-state index contributed by atoms with van der Waals surface area (Å²) in [5, 5.41) is 3.64. The minimum absolute atomic E-state index is 0.677. The third-order valence-corrected chi connectivity index (χ3v) is 3.91. The molecule has 98 valence electrons. The first-order valence-electron chi connectivity index (χ1n) is 7.14. The third-order valence-electron chi connectivity index (χ3n) is 3.91. The highest BCUT2D eigenvalue weighted by Gasteiger charge is 2.31. The Morgan fingerprint density at radius 3 is 2.83 bits per heavy atom. The molecule has 4 heteroatoms. The Morgan fingerprint density at radius 1 is 1.22 bits per heavy atom. The van der Waals surface area contributed by atoms with E-state index in [1.54, 1.807) is 12.4 Å². The lowest BCUT2D eigenvalue weighted by Gasteiger charge is -2.30. The molecule has 18 heavy (non-hydrogen) atoms. The predicted octanol–water partition coefficient (Wildman–Crippen LogP) is 1.58. The summed E-state index contributed by atoms with van der Waals surface area (Å²) in [6, 6.07) is 1.46. The molecule has 4 nitrogen and oxygen atoms in total. The van der Waals surface area contributed by atoms with E-state index in [9.17, 15) is 0 Å². The van der Waals surface area contributed by atoms with Gasteiger partial charge in [0.15, 0.2) is 0 Å². The Labute approximate surface area is 109 Å². The predicted molar refractivity (Wildman–Crippen MR) is 71.1 cm³/mol. The molecule has 3 rings (SSSR count). The smallest absolute Gasteiger partial charge is 0.0726 e. The van der Waals surface area contributed by atoms with Crippen LogP contribution in [0.3, 0.4) is 0 Å². The number of rotatable bonds is 5. The quantitative estimate of drug-likeness (QED) is 0.856. The van der Waals surface area contributed by atoms with E-state index in [0.717, 1.165) is 18.3 Å². The van der Waals surface area contributed by atoms with E-state index in [-0.39, 0.29) is 0 Å². The zero-order chi connectivity index (χ0) is 12.2. The fourth-order valence-corrected chi connectivity index (χ4v) is 2.76. The van der Waals surface area contributed by atoms with Crippen LogP contribution in [0, 0.1) is 0 Å². The average molecular weight is 246 g/mol. The highest BCUT2D eigenvalue weighted by Crippen LogP contribution is 2.28. The van der Waals surface area contributed by atoms with Crippen LogP contribution in [0.25, 0.3) is 0 Å². The number of nitrogens with one attached hydrogen (secondary N) is 1. The Bertz CT molecular complexity index is 357. The highest BCUT2D eigenvalue weighted by atomic mass is 15.2. The zero-order valence-corrected chi connectivity index (χ0v) is 10.9. The molecule has 1 aliphatic carbocycles. The van der Waals surface area contributed by atoms with Gasteiger partial charge in [-0.25, -0.2) is 0 Å². The molecule has 0 radical (unpaired) electrons. The molecule has 2 heterocycles. The van der Waals surface area contributed by atoms with Crippen molar-refractivity contribution in [1.29, 1.82) is 0 Å². The summed E-state index contributed by atoms with van der Waals surface area (Å²) in [5.74, 6) is 0. The van der Waals surface area contributed by atoms with Gasteiger partial charge in [-0.15, -0.1) is 0 Å². The molecular formula is C14H22N4. The molecule has 1 saturated carbocycles. The minimum Gasteiger partial charge on any atom is -0.313 e. The topological polar surface area (TPSA) is 41.1 Å². The largest absolute Gasteiger partial charge is 0.313 e. The van der Waals surface area contributed by atoms with E-state index in [1.165, 1.54) is 45.2 Å². The van der Waals surface area contributed by atoms with Gasteiger partial charge in [-0.1, -0.05) is 6.42 Å². The molecule has 0 amide bonds. The van der Waals surface area contributed by atoms with Gasteiger partial charge in [-0.3, -0.25) is 14.9 Å². The van der Waals surface area contributed by atoms with Crippen LogP contribution < -0.4 is 5.32 Å². The maximum Gasteiger partial charge on any atom is 0.0726 e. The van der Waals surface area contributed by atoms with E-state index in [2.05, 4.69) is 20.2 Å². The number of piperidine rings is 1. The summed E-state index contributed by atoms with van der Waals surface area (Å²) in [7, 11) is 0. The molecule has 1 aromatic rings. The van der Waals surface area contributed by atoms with Crippen LogP contribution in [0.15, 0.2) is 18.6 Å². The van der Waals surface area contributed by atoms with Gasteiger partial charge in [0.25, 0.3) is 0 Å². The fourth-order valence-electron chi connectivity index (χ4n) is 2.76. The van der Waals surface area contributed by atoms with E-state index < -0.39 is 0 Å². The van der Waals surface area contributed by atoms with E-state index >= 15 is 0 Å². The molecule has 1 N–H and O–H groups in total. The number of hydrogen-bond acceptors (Lipinski definition) is 4. The fraction of sp³-hybridized carbons (Fsp3) is 0.714. The number of hydrogen-bond donors (Lipinski definition) is 1. The maximum atomic E-state index is 4.40. The average Bonchev–Trinajstić information content (AvgIpc) is 3.25. The van der Waals surface area contributed by atoms with Crippen LogP contribution in [-0.2, 0) is 6.54 Å². The van der Waals surface area contributed by atoms with Crippen molar-refractivity contribution in [2.75, 3.05) is 13.1 Å². The van der Waals surface area contributed by atoms with Crippen LogP contribution in [0.1, 0.15) is 37.8 Å². The van der Waals surface area contributed by atoms with Crippen LogP contribution in [0.4, 0.5) is 0 Å². The molecule has 1 atom stereocenters. The van der Waals surface area contributed by atoms with Gasteiger partial charge >= 0.3 is 0 Å². The van der Waals surface area contributed by atoms with Gasteiger partial charge in [-0.05, 0) is 32.2 Å². The molecule has 0 aromatic carbocycles. The maximum absolute atomic E-state index is 4.40. The van der Waals surface area contributed by atoms with Gasteiger partial charge in [-0.2, -0.15) is 0 Å². The molecule has 1 aliphatic heterocycles. The van der Waals surface area contributed by atoms with Crippen LogP contribution in [0.2, 0.25) is 0 Å². The van der Waals surface area contributed by atoms with Gasteiger partial charge in [0.1, 0.15) is 0 Å². The number of aromatic nitrogens is 2. The Balaban J connectivity index is 1.58. The summed E-state index contributed by atoms with van der Waals surface area (Å²) in [6.45, 7) is 3.31.